The summed E-state index contributed by atoms with van der Waals surface area (Å²) < 4.78 is 21.3. The van der Waals surface area contributed by atoms with Gasteiger partial charge in [0.1, 0.15) is 18.1 Å². The summed E-state index contributed by atoms with van der Waals surface area (Å²) in [6, 6.07) is 15.5. The molecule has 1 aromatic heterocycles. The first-order chi connectivity index (χ1) is 15.0. The van der Waals surface area contributed by atoms with Crippen LogP contribution in [-0.2, 0) is 9.53 Å². The zero-order valence-corrected chi connectivity index (χ0v) is 17.3. The van der Waals surface area contributed by atoms with E-state index in [1.54, 1.807) is 49.6 Å². The molecule has 0 saturated carbocycles. The second kappa shape index (κ2) is 10.8. The maximum Gasteiger partial charge on any atom is 0.291 e. The molecule has 0 aliphatic carbocycles. The molecule has 0 saturated heterocycles. The lowest BCUT2D eigenvalue weighted by molar-refractivity contribution is -0.118. The first-order valence-corrected chi connectivity index (χ1v) is 9.65. The Kier molecular flexibility index (Phi) is 7.67. The van der Waals surface area contributed by atoms with Crippen LogP contribution in [0.5, 0.6) is 11.5 Å². The number of nitrogens with one attached hydrogen (secondary N) is 2. The van der Waals surface area contributed by atoms with Crippen molar-refractivity contribution in [1.29, 1.82) is 0 Å². The minimum absolute atomic E-state index is 0.201. The van der Waals surface area contributed by atoms with Gasteiger partial charge < -0.3 is 29.3 Å². The van der Waals surface area contributed by atoms with Gasteiger partial charge in [-0.1, -0.05) is 12.1 Å². The second-order valence-corrected chi connectivity index (χ2v) is 6.64. The number of aryl methyl sites for hydroxylation is 1. The number of carbonyl (C=O) groups excluding carboxylic acids is 2. The molecule has 0 spiro atoms. The molecule has 1 heterocycles. The largest absolute Gasteiger partial charge is 0.489 e. The lowest BCUT2D eigenvalue weighted by Gasteiger charge is -2.14. The quantitative estimate of drug-likeness (QED) is 0.479. The van der Waals surface area contributed by atoms with Gasteiger partial charge in [-0.3, -0.25) is 9.59 Å². The number of benzene rings is 2. The number of rotatable bonds is 10. The summed E-state index contributed by atoms with van der Waals surface area (Å²) >= 11 is 0. The zero-order chi connectivity index (χ0) is 22.1. The Hall–Kier alpha value is -3.78. The number of ether oxygens (including phenoxy) is 3. The summed E-state index contributed by atoms with van der Waals surface area (Å²) in [5.74, 6) is 0.485. The first kappa shape index (κ1) is 21.9. The Labute approximate surface area is 180 Å². The van der Waals surface area contributed by atoms with Crippen LogP contribution in [0.15, 0.2) is 65.3 Å². The third-order valence-electron chi connectivity index (χ3n) is 4.16. The summed E-state index contributed by atoms with van der Waals surface area (Å²) in [5.41, 5.74) is 2.08. The van der Waals surface area contributed by atoms with E-state index in [2.05, 4.69) is 10.6 Å². The van der Waals surface area contributed by atoms with Crippen molar-refractivity contribution in [2.24, 2.45) is 0 Å². The number of anilines is 2. The van der Waals surface area contributed by atoms with Gasteiger partial charge in [-0.15, -0.1) is 0 Å². The number of hydrogen-bond acceptors (Lipinski definition) is 6. The number of amides is 2. The zero-order valence-electron chi connectivity index (χ0n) is 17.3. The molecule has 31 heavy (non-hydrogen) atoms. The summed E-state index contributed by atoms with van der Waals surface area (Å²) in [4.78, 5) is 24.4. The molecule has 2 amide bonds. The highest BCUT2D eigenvalue weighted by molar-refractivity contribution is 6.02. The lowest BCUT2D eigenvalue weighted by atomic mass is 10.2. The van der Waals surface area contributed by atoms with Crippen LogP contribution in [0, 0.1) is 6.92 Å². The number of furan rings is 1. The minimum atomic E-state index is -0.375. The summed E-state index contributed by atoms with van der Waals surface area (Å²) in [5, 5.41) is 5.50. The Morgan fingerprint density at radius 3 is 2.61 bits per heavy atom. The van der Waals surface area contributed by atoms with Crippen LogP contribution >= 0.6 is 0 Å². The van der Waals surface area contributed by atoms with Crippen molar-refractivity contribution in [3.8, 4) is 11.5 Å². The topological polar surface area (TPSA) is 99.0 Å². The van der Waals surface area contributed by atoms with E-state index in [9.17, 15) is 9.59 Å². The van der Waals surface area contributed by atoms with Crippen molar-refractivity contribution in [2.45, 2.75) is 6.92 Å². The first-order valence-electron chi connectivity index (χ1n) is 9.65. The summed E-state index contributed by atoms with van der Waals surface area (Å²) in [7, 11) is 1.59. The molecule has 162 valence electrons. The van der Waals surface area contributed by atoms with Crippen molar-refractivity contribution in [2.75, 3.05) is 37.6 Å². The van der Waals surface area contributed by atoms with Crippen LogP contribution in [0.4, 0.5) is 11.4 Å². The van der Waals surface area contributed by atoms with Gasteiger partial charge >= 0.3 is 0 Å². The molecule has 0 bridgehead atoms. The Bertz CT molecular complexity index is 1020. The van der Waals surface area contributed by atoms with E-state index in [0.29, 0.717) is 36.1 Å². The lowest BCUT2D eigenvalue weighted by Crippen LogP contribution is -2.21. The Morgan fingerprint density at radius 2 is 1.84 bits per heavy atom. The van der Waals surface area contributed by atoms with Crippen LogP contribution in [-0.4, -0.2) is 38.7 Å². The fraction of sp³-hybridized carbons (Fsp3) is 0.217. The third-order valence-corrected chi connectivity index (χ3v) is 4.16. The van der Waals surface area contributed by atoms with E-state index in [1.807, 2.05) is 19.1 Å². The number of methoxy groups -OCH3 is 1. The van der Waals surface area contributed by atoms with E-state index < -0.39 is 0 Å². The molecule has 0 atom stereocenters. The molecule has 0 radical (unpaired) electrons. The molecule has 0 aliphatic rings. The maximum absolute atomic E-state index is 12.4. The highest BCUT2D eigenvalue weighted by Crippen LogP contribution is 2.26. The van der Waals surface area contributed by atoms with E-state index in [1.165, 1.54) is 6.26 Å². The standard InChI is InChI=1S/C23H24N2O6/c1-16-8-9-19(21(13-16)30-12-11-28-2)25-22(26)15-31-18-6-3-5-17(14-18)24-23(27)20-7-4-10-29-20/h3-10,13-14H,11-12,15H2,1-2H3,(H,24,27)(H,25,26). The van der Waals surface area contributed by atoms with Crippen molar-refractivity contribution in [3.63, 3.8) is 0 Å². The molecular formula is C23H24N2O6. The predicted molar refractivity (Wildman–Crippen MR) is 116 cm³/mol. The summed E-state index contributed by atoms with van der Waals surface area (Å²) in [6.45, 7) is 2.55. The van der Waals surface area contributed by atoms with Crippen LogP contribution < -0.4 is 20.1 Å². The average molecular weight is 424 g/mol. The smallest absolute Gasteiger partial charge is 0.291 e. The highest BCUT2D eigenvalue weighted by atomic mass is 16.5. The van der Waals surface area contributed by atoms with E-state index in [0.717, 1.165) is 5.56 Å². The maximum atomic E-state index is 12.4. The minimum Gasteiger partial charge on any atom is -0.489 e. The van der Waals surface area contributed by atoms with E-state index in [4.69, 9.17) is 18.6 Å². The SMILES string of the molecule is COCCOc1cc(C)ccc1NC(=O)COc1cccc(NC(=O)c2ccco2)c1. The normalized spacial score (nSPS) is 10.4. The van der Waals surface area contributed by atoms with E-state index in [-0.39, 0.29) is 24.2 Å². The molecule has 3 rings (SSSR count). The van der Waals surface area contributed by atoms with Crippen LogP contribution in [0.2, 0.25) is 0 Å². The molecule has 0 fully saturated rings. The third kappa shape index (κ3) is 6.61. The van der Waals surface area contributed by atoms with Crippen molar-refractivity contribution in [3.05, 3.63) is 72.2 Å². The monoisotopic (exact) mass is 424 g/mol. The highest BCUT2D eigenvalue weighted by Gasteiger charge is 2.11. The molecule has 0 unspecified atom stereocenters. The van der Waals surface area contributed by atoms with Gasteiger partial charge in [0, 0.05) is 18.9 Å². The van der Waals surface area contributed by atoms with Gasteiger partial charge in [0.15, 0.2) is 12.4 Å². The molecule has 3 aromatic rings. The molecule has 8 nitrogen and oxygen atoms in total. The van der Waals surface area contributed by atoms with Gasteiger partial charge in [-0.25, -0.2) is 0 Å². The van der Waals surface area contributed by atoms with E-state index >= 15 is 0 Å². The molecule has 2 aromatic carbocycles. The van der Waals surface area contributed by atoms with Crippen molar-refractivity contribution in [1.82, 2.24) is 0 Å². The van der Waals surface area contributed by atoms with Crippen molar-refractivity contribution < 1.29 is 28.2 Å². The van der Waals surface area contributed by atoms with Crippen LogP contribution in [0.1, 0.15) is 16.1 Å². The fourth-order valence-corrected chi connectivity index (χ4v) is 2.69. The summed E-state index contributed by atoms with van der Waals surface area (Å²) in [6.07, 6.45) is 1.43. The molecule has 2 N–H and O–H groups in total. The van der Waals surface area contributed by atoms with Gasteiger partial charge in [0.05, 0.1) is 18.6 Å². The van der Waals surface area contributed by atoms with Gasteiger partial charge in [0.2, 0.25) is 0 Å². The predicted octanol–water partition coefficient (Wildman–Crippen LogP) is 3.88. The second-order valence-electron chi connectivity index (χ2n) is 6.64. The van der Waals surface area contributed by atoms with Gasteiger partial charge in [-0.2, -0.15) is 0 Å². The number of carbonyl (C=O) groups is 2. The van der Waals surface area contributed by atoms with Crippen LogP contribution in [0.3, 0.4) is 0 Å². The molecule has 0 aliphatic heterocycles. The Balaban J connectivity index is 1.56. The van der Waals surface area contributed by atoms with Gasteiger partial charge in [-0.05, 0) is 48.9 Å². The van der Waals surface area contributed by atoms with Crippen LogP contribution in [0.25, 0.3) is 0 Å². The fourth-order valence-electron chi connectivity index (χ4n) is 2.69. The van der Waals surface area contributed by atoms with Crippen molar-refractivity contribution >= 4 is 23.2 Å². The average Bonchev–Trinajstić information content (AvgIpc) is 3.30. The Morgan fingerprint density at radius 1 is 0.968 bits per heavy atom. The number of hydrogen-bond donors (Lipinski definition) is 2. The molecule has 8 heteroatoms. The molecular weight excluding hydrogens is 400 g/mol. The van der Waals surface area contributed by atoms with Gasteiger partial charge in [0.25, 0.3) is 11.8 Å².